The van der Waals surface area contributed by atoms with E-state index in [0.29, 0.717) is 0 Å². The molecule has 0 aliphatic carbocycles. The molecule has 0 aliphatic rings. The molecule has 58 valence electrons. The number of carbonyl (C=O) groups excluding carboxylic acids is 1. The van der Waals surface area contributed by atoms with Crippen LogP contribution in [0.25, 0.3) is 0 Å². The van der Waals surface area contributed by atoms with Crippen molar-refractivity contribution in [3.8, 4) is 0 Å². The third-order valence-electron chi connectivity index (χ3n) is 1.42. The second-order valence-electron chi connectivity index (χ2n) is 2.72. The van der Waals surface area contributed by atoms with E-state index in [-0.39, 0.29) is 5.78 Å². The van der Waals surface area contributed by atoms with Crippen molar-refractivity contribution >= 4 is 5.78 Å². The highest BCUT2D eigenvalue weighted by atomic mass is 16.1. The van der Waals surface area contributed by atoms with Gasteiger partial charge in [-0.05, 0) is 26.5 Å². The first-order valence-corrected chi connectivity index (χ1v) is 3.46. The number of rotatable bonds is 4. The zero-order chi connectivity index (χ0) is 8.20. The molecule has 0 aromatic rings. The highest BCUT2D eigenvalue weighted by molar-refractivity contribution is 5.96. The average Bonchev–Trinajstić information content (AvgIpc) is 1.86. The molecule has 0 amide bonds. The Balaban J connectivity index is 4.08. The van der Waals surface area contributed by atoms with Crippen molar-refractivity contribution in [1.29, 1.82) is 0 Å². The molecule has 0 atom stereocenters. The van der Waals surface area contributed by atoms with E-state index in [1.54, 1.807) is 0 Å². The largest absolute Gasteiger partial charge is 0.305 e. The SMILES string of the molecule is C=CC(=O)C(C)(C)NCC. The van der Waals surface area contributed by atoms with Gasteiger partial charge in [0.25, 0.3) is 0 Å². The molecule has 0 saturated carbocycles. The van der Waals surface area contributed by atoms with Crippen LogP contribution in [-0.2, 0) is 4.79 Å². The van der Waals surface area contributed by atoms with E-state index in [4.69, 9.17) is 0 Å². The second-order valence-corrected chi connectivity index (χ2v) is 2.72. The van der Waals surface area contributed by atoms with Crippen LogP contribution < -0.4 is 5.32 Å². The molecular weight excluding hydrogens is 126 g/mol. The summed E-state index contributed by atoms with van der Waals surface area (Å²) in [5, 5.41) is 3.05. The molecule has 2 nitrogen and oxygen atoms in total. The number of nitrogens with one attached hydrogen (secondary N) is 1. The van der Waals surface area contributed by atoms with Crippen LogP contribution in [0.5, 0.6) is 0 Å². The van der Waals surface area contributed by atoms with Gasteiger partial charge < -0.3 is 5.32 Å². The average molecular weight is 141 g/mol. The Labute approximate surface area is 62.3 Å². The molecule has 2 heteroatoms. The maximum Gasteiger partial charge on any atom is 0.174 e. The molecule has 0 spiro atoms. The van der Waals surface area contributed by atoms with E-state index in [2.05, 4.69) is 11.9 Å². The molecular formula is C8H15NO. The van der Waals surface area contributed by atoms with Crippen molar-refractivity contribution in [2.75, 3.05) is 6.54 Å². The third kappa shape index (κ3) is 2.31. The molecule has 0 aliphatic heterocycles. The summed E-state index contributed by atoms with van der Waals surface area (Å²) < 4.78 is 0. The van der Waals surface area contributed by atoms with Gasteiger partial charge in [0.1, 0.15) is 0 Å². The van der Waals surface area contributed by atoms with E-state index >= 15 is 0 Å². The molecule has 0 rings (SSSR count). The van der Waals surface area contributed by atoms with Gasteiger partial charge in [0, 0.05) is 0 Å². The monoisotopic (exact) mass is 141 g/mol. The molecule has 0 bridgehead atoms. The summed E-state index contributed by atoms with van der Waals surface area (Å²) in [5.41, 5.74) is -0.448. The van der Waals surface area contributed by atoms with Gasteiger partial charge in [-0.1, -0.05) is 13.5 Å². The summed E-state index contributed by atoms with van der Waals surface area (Å²) in [6, 6.07) is 0. The minimum Gasteiger partial charge on any atom is -0.305 e. The van der Waals surface area contributed by atoms with Gasteiger partial charge in [0.2, 0.25) is 0 Å². The maximum absolute atomic E-state index is 11.0. The summed E-state index contributed by atoms with van der Waals surface area (Å²) in [6.45, 7) is 9.88. The lowest BCUT2D eigenvalue weighted by atomic mass is 9.99. The van der Waals surface area contributed by atoms with Crippen LogP contribution in [-0.4, -0.2) is 17.9 Å². The highest BCUT2D eigenvalue weighted by Crippen LogP contribution is 2.03. The number of hydrogen-bond donors (Lipinski definition) is 1. The fraction of sp³-hybridized carbons (Fsp3) is 0.625. The highest BCUT2D eigenvalue weighted by Gasteiger charge is 2.22. The van der Waals surface area contributed by atoms with Crippen LogP contribution in [0, 0.1) is 0 Å². The molecule has 1 N–H and O–H groups in total. The molecule has 0 unspecified atom stereocenters. The number of hydrogen-bond acceptors (Lipinski definition) is 2. The van der Waals surface area contributed by atoms with E-state index in [1.807, 2.05) is 20.8 Å². The zero-order valence-corrected chi connectivity index (χ0v) is 6.90. The minimum atomic E-state index is -0.448. The van der Waals surface area contributed by atoms with Crippen LogP contribution in [0.1, 0.15) is 20.8 Å². The van der Waals surface area contributed by atoms with Crippen molar-refractivity contribution in [2.45, 2.75) is 26.3 Å². The van der Waals surface area contributed by atoms with E-state index < -0.39 is 5.54 Å². The van der Waals surface area contributed by atoms with Crippen molar-refractivity contribution in [1.82, 2.24) is 5.32 Å². The molecule has 0 heterocycles. The van der Waals surface area contributed by atoms with Gasteiger partial charge in [-0.2, -0.15) is 0 Å². The Kier molecular flexibility index (Phi) is 3.30. The molecule has 0 aromatic carbocycles. The fourth-order valence-electron chi connectivity index (χ4n) is 0.784. The van der Waals surface area contributed by atoms with E-state index in [9.17, 15) is 4.79 Å². The summed E-state index contributed by atoms with van der Waals surface area (Å²) in [6.07, 6.45) is 1.35. The minimum absolute atomic E-state index is 0.0364. The normalized spacial score (nSPS) is 11.1. The third-order valence-corrected chi connectivity index (χ3v) is 1.42. The first kappa shape index (κ1) is 9.37. The van der Waals surface area contributed by atoms with E-state index in [1.165, 1.54) is 6.08 Å². The summed E-state index contributed by atoms with van der Waals surface area (Å²) in [7, 11) is 0. The molecule has 0 saturated heterocycles. The van der Waals surface area contributed by atoms with Crippen molar-refractivity contribution < 1.29 is 4.79 Å². The van der Waals surface area contributed by atoms with Crippen LogP contribution >= 0.6 is 0 Å². The standard InChI is InChI=1S/C8H15NO/c1-5-7(10)8(3,4)9-6-2/h5,9H,1,6H2,2-4H3. The lowest BCUT2D eigenvalue weighted by molar-refractivity contribution is -0.119. The quantitative estimate of drug-likeness (QED) is 0.595. The smallest absolute Gasteiger partial charge is 0.174 e. The van der Waals surface area contributed by atoms with Gasteiger partial charge in [-0.25, -0.2) is 0 Å². The lowest BCUT2D eigenvalue weighted by Gasteiger charge is -2.21. The Hall–Kier alpha value is -0.630. The fourth-order valence-corrected chi connectivity index (χ4v) is 0.784. The number of carbonyl (C=O) groups is 1. The predicted octanol–water partition coefficient (Wildman–Crippen LogP) is 1.13. The second kappa shape index (κ2) is 3.52. The summed E-state index contributed by atoms with van der Waals surface area (Å²) in [4.78, 5) is 11.0. The van der Waals surface area contributed by atoms with Gasteiger partial charge in [-0.15, -0.1) is 0 Å². The first-order chi connectivity index (χ1) is 4.54. The summed E-state index contributed by atoms with van der Waals surface area (Å²) in [5.74, 6) is 0.0364. The summed E-state index contributed by atoms with van der Waals surface area (Å²) >= 11 is 0. The molecule has 10 heavy (non-hydrogen) atoms. The lowest BCUT2D eigenvalue weighted by Crippen LogP contribution is -2.45. The number of ketones is 1. The maximum atomic E-state index is 11.0. The van der Waals surface area contributed by atoms with Gasteiger partial charge in [0.15, 0.2) is 5.78 Å². The molecule has 0 radical (unpaired) electrons. The van der Waals surface area contributed by atoms with Crippen molar-refractivity contribution in [2.24, 2.45) is 0 Å². The zero-order valence-electron chi connectivity index (χ0n) is 6.90. The van der Waals surface area contributed by atoms with Gasteiger partial charge in [0.05, 0.1) is 5.54 Å². The van der Waals surface area contributed by atoms with E-state index in [0.717, 1.165) is 6.54 Å². The van der Waals surface area contributed by atoms with Crippen molar-refractivity contribution in [3.05, 3.63) is 12.7 Å². The number of likely N-dealkylation sites (N-methyl/N-ethyl adjacent to an activating group) is 1. The molecule has 0 aromatic heterocycles. The Morgan fingerprint density at radius 3 is 2.50 bits per heavy atom. The van der Waals surface area contributed by atoms with Gasteiger partial charge in [-0.3, -0.25) is 4.79 Å². The Morgan fingerprint density at radius 1 is 1.70 bits per heavy atom. The predicted molar refractivity (Wildman–Crippen MR) is 43.0 cm³/mol. The van der Waals surface area contributed by atoms with Gasteiger partial charge >= 0.3 is 0 Å². The first-order valence-electron chi connectivity index (χ1n) is 3.46. The Morgan fingerprint density at radius 2 is 2.20 bits per heavy atom. The van der Waals surface area contributed by atoms with Crippen LogP contribution in [0.2, 0.25) is 0 Å². The Bertz CT molecular complexity index is 138. The molecule has 0 fully saturated rings. The van der Waals surface area contributed by atoms with Crippen LogP contribution in [0.3, 0.4) is 0 Å². The topological polar surface area (TPSA) is 29.1 Å². The van der Waals surface area contributed by atoms with Crippen molar-refractivity contribution in [3.63, 3.8) is 0 Å². The van der Waals surface area contributed by atoms with Crippen LogP contribution in [0.4, 0.5) is 0 Å². The van der Waals surface area contributed by atoms with Crippen LogP contribution in [0.15, 0.2) is 12.7 Å².